The normalized spacial score (nSPS) is 16.7. The van der Waals surface area contributed by atoms with Crippen LogP contribution in [0.3, 0.4) is 0 Å². The summed E-state index contributed by atoms with van der Waals surface area (Å²) < 4.78 is 10.4. The van der Waals surface area contributed by atoms with Gasteiger partial charge in [-0.25, -0.2) is 4.79 Å². The van der Waals surface area contributed by atoms with Crippen molar-refractivity contribution in [1.29, 1.82) is 0 Å². The van der Waals surface area contributed by atoms with Crippen LogP contribution in [0.15, 0.2) is 23.1 Å². The van der Waals surface area contributed by atoms with E-state index in [0.29, 0.717) is 17.1 Å². The number of carboxylic acid groups (broad SMARTS) is 1. The van der Waals surface area contributed by atoms with E-state index in [-0.39, 0.29) is 9.23 Å². The van der Waals surface area contributed by atoms with Gasteiger partial charge >= 0.3 is 5.97 Å². The van der Waals surface area contributed by atoms with Gasteiger partial charge in [0.05, 0.1) is 25.5 Å². The number of thiocarbonyl (C=S) groups is 1. The number of carboxylic acids is 1. The lowest BCUT2D eigenvalue weighted by atomic mass is 10.1. The Morgan fingerprint density at radius 1 is 1.38 bits per heavy atom. The van der Waals surface area contributed by atoms with Crippen molar-refractivity contribution in [2.75, 3.05) is 14.2 Å². The number of amides is 2. The first-order valence-electron chi connectivity index (χ1n) is 7.28. The second kappa shape index (κ2) is 8.19. The third-order valence-corrected chi connectivity index (χ3v) is 4.87. The van der Waals surface area contributed by atoms with Gasteiger partial charge in [0.25, 0.3) is 5.91 Å². The highest BCUT2D eigenvalue weighted by molar-refractivity contribution is 8.26. The maximum atomic E-state index is 12.6. The van der Waals surface area contributed by atoms with E-state index in [0.717, 1.165) is 16.7 Å². The summed E-state index contributed by atoms with van der Waals surface area (Å²) in [4.78, 5) is 36.3. The molecule has 0 bridgehead atoms. The zero-order valence-corrected chi connectivity index (χ0v) is 15.6. The fraction of sp³-hybridized carbons (Fsp3) is 0.250. The number of nitrogens with two attached hydrogens (primary N) is 1. The Kier molecular flexibility index (Phi) is 6.22. The quantitative estimate of drug-likeness (QED) is 0.522. The molecule has 0 saturated carbocycles. The minimum Gasteiger partial charge on any atom is -0.497 e. The molecular weight excluding hydrogens is 380 g/mol. The van der Waals surface area contributed by atoms with Gasteiger partial charge in [0.2, 0.25) is 5.91 Å². The molecule has 2 amide bonds. The Morgan fingerprint density at radius 2 is 2.08 bits per heavy atom. The number of methoxy groups -OCH3 is 2. The van der Waals surface area contributed by atoms with Crippen LogP contribution in [-0.2, 0) is 14.4 Å². The number of rotatable bonds is 7. The average Bonchev–Trinajstić information content (AvgIpc) is 2.86. The van der Waals surface area contributed by atoms with E-state index in [1.165, 1.54) is 14.2 Å². The van der Waals surface area contributed by atoms with Crippen LogP contribution in [0.2, 0.25) is 0 Å². The Labute approximate surface area is 158 Å². The smallest absolute Gasteiger partial charge is 0.327 e. The number of nitrogens with zero attached hydrogens (tertiary/aromatic N) is 1. The van der Waals surface area contributed by atoms with Gasteiger partial charge in [-0.3, -0.25) is 14.5 Å². The first-order chi connectivity index (χ1) is 12.3. The summed E-state index contributed by atoms with van der Waals surface area (Å²) in [5.74, 6) is -1.75. The van der Waals surface area contributed by atoms with E-state index in [1.54, 1.807) is 24.3 Å². The number of carbonyl (C=O) groups excluding carboxylic acids is 2. The second-order valence-corrected chi connectivity index (χ2v) is 6.86. The maximum absolute atomic E-state index is 12.6. The molecule has 2 rings (SSSR count). The number of carbonyl (C=O) groups is 3. The van der Waals surface area contributed by atoms with Gasteiger partial charge in [-0.15, -0.1) is 0 Å². The molecule has 0 radical (unpaired) electrons. The molecule has 1 aromatic carbocycles. The van der Waals surface area contributed by atoms with Crippen molar-refractivity contribution in [2.24, 2.45) is 5.73 Å². The molecule has 8 nitrogen and oxygen atoms in total. The van der Waals surface area contributed by atoms with E-state index >= 15 is 0 Å². The SMILES string of the molecule is COc1ccc(C=C2SC(=S)N(C(CC(N)=O)C(=O)O)C2=O)c(OC)c1. The first-order valence-corrected chi connectivity index (χ1v) is 8.51. The van der Waals surface area contributed by atoms with Gasteiger partial charge in [-0.05, 0) is 18.2 Å². The standard InChI is InChI=1S/C16H16N2O6S2/c1-23-9-4-3-8(11(6-9)24-2)5-12-14(20)18(16(25)26-12)10(15(21)22)7-13(17)19/h3-6,10H,7H2,1-2H3,(H2,17,19)(H,21,22). The number of hydrogen-bond acceptors (Lipinski definition) is 7. The van der Waals surface area contributed by atoms with Crippen LogP contribution in [0.1, 0.15) is 12.0 Å². The fourth-order valence-corrected chi connectivity index (χ4v) is 3.65. The maximum Gasteiger partial charge on any atom is 0.327 e. The summed E-state index contributed by atoms with van der Waals surface area (Å²) in [6.45, 7) is 0. The topological polar surface area (TPSA) is 119 Å². The van der Waals surface area contributed by atoms with Crippen molar-refractivity contribution in [2.45, 2.75) is 12.5 Å². The van der Waals surface area contributed by atoms with Gasteiger partial charge < -0.3 is 20.3 Å². The van der Waals surface area contributed by atoms with E-state index in [2.05, 4.69) is 0 Å². The van der Waals surface area contributed by atoms with E-state index < -0.39 is 30.2 Å². The monoisotopic (exact) mass is 396 g/mol. The molecule has 1 unspecified atom stereocenters. The third-order valence-electron chi connectivity index (χ3n) is 3.54. The predicted octanol–water partition coefficient (Wildman–Crippen LogP) is 1.23. The minimum atomic E-state index is -1.44. The third kappa shape index (κ3) is 4.14. The predicted molar refractivity (Wildman–Crippen MR) is 99.8 cm³/mol. The van der Waals surface area contributed by atoms with Crippen molar-refractivity contribution in [1.82, 2.24) is 4.90 Å². The summed E-state index contributed by atoms with van der Waals surface area (Å²) in [7, 11) is 3.00. The van der Waals surface area contributed by atoms with Crippen LogP contribution >= 0.6 is 24.0 Å². The summed E-state index contributed by atoms with van der Waals surface area (Å²) in [5, 5.41) is 9.31. The van der Waals surface area contributed by atoms with E-state index in [4.69, 9.17) is 27.4 Å². The molecule has 1 atom stereocenters. The van der Waals surface area contributed by atoms with Crippen molar-refractivity contribution >= 4 is 52.2 Å². The Balaban J connectivity index is 2.37. The van der Waals surface area contributed by atoms with Crippen molar-refractivity contribution < 1.29 is 29.0 Å². The molecular formula is C16H16N2O6S2. The highest BCUT2D eigenvalue weighted by Crippen LogP contribution is 2.36. The molecule has 138 valence electrons. The number of hydrogen-bond donors (Lipinski definition) is 2. The van der Waals surface area contributed by atoms with Gasteiger partial charge in [-0.1, -0.05) is 24.0 Å². The molecule has 1 saturated heterocycles. The minimum absolute atomic E-state index is 0.0439. The zero-order valence-electron chi connectivity index (χ0n) is 13.9. The summed E-state index contributed by atoms with van der Waals surface area (Å²) in [5.41, 5.74) is 5.67. The lowest BCUT2D eigenvalue weighted by Gasteiger charge is -2.21. The number of aliphatic carboxylic acids is 1. The van der Waals surface area contributed by atoms with Crippen molar-refractivity contribution in [3.8, 4) is 11.5 Å². The van der Waals surface area contributed by atoms with Gasteiger partial charge in [0.1, 0.15) is 21.9 Å². The highest BCUT2D eigenvalue weighted by Gasteiger charge is 2.41. The lowest BCUT2D eigenvalue weighted by molar-refractivity contribution is -0.146. The molecule has 1 aliphatic heterocycles. The van der Waals surface area contributed by atoms with Crippen LogP contribution in [0.4, 0.5) is 0 Å². The summed E-state index contributed by atoms with van der Waals surface area (Å²) in [6, 6.07) is 3.60. The Hall–Kier alpha value is -2.59. The molecule has 0 aliphatic carbocycles. The molecule has 1 heterocycles. The molecule has 10 heteroatoms. The number of ether oxygens (including phenoxy) is 2. The van der Waals surface area contributed by atoms with Gasteiger partial charge in [0.15, 0.2) is 0 Å². The molecule has 1 aliphatic rings. The number of thioether (sulfide) groups is 1. The molecule has 0 spiro atoms. The largest absolute Gasteiger partial charge is 0.497 e. The molecule has 0 aromatic heterocycles. The van der Waals surface area contributed by atoms with E-state index in [1.807, 2.05) is 0 Å². The summed E-state index contributed by atoms with van der Waals surface area (Å²) >= 11 is 6.07. The Morgan fingerprint density at radius 3 is 2.62 bits per heavy atom. The van der Waals surface area contributed by atoms with Crippen LogP contribution in [0, 0.1) is 0 Å². The van der Waals surface area contributed by atoms with Crippen LogP contribution in [0.5, 0.6) is 11.5 Å². The second-order valence-electron chi connectivity index (χ2n) is 5.18. The zero-order chi connectivity index (χ0) is 19.4. The average molecular weight is 396 g/mol. The van der Waals surface area contributed by atoms with Gasteiger partial charge in [0, 0.05) is 11.6 Å². The van der Waals surface area contributed by atoms with Crippen molar-refractivity contribution in [3.63, 3.8) is 0 Å². The van der Waals surface area contributed by atoms with Crippen LogP contribution in [0.25, 0.3) is 6.08 Å². The van der Waals surface area contributed by atoms with Gasteiger partial charge in [-0.2, -0.15) is 0 Å². The van der Waals surface area contributed by atoms with Crippen molar-refractivity contribution in [3.05, 3.63) is 28.7 Å². The van der Waals surface area contributed by atoms with E-state index in [9.17, 15) is 19.5 Å². The lowest BCUT2D eigenvalue weighted by Crippen LogP contribution is -2.46. The summed E-state index contributed by atoms with van der Waals surface area (Å²) in [6.07, 6.45) is 1.02. The molecule has 1 aromatic rings. The molecule has 3 N–H and O–H groups in total. The fourth-order valence-electron chi connectivity index (χ4n) is 2.31. The molecule has 1 fully saturated rings. The number of benzene rings is 1. The van der Waals surface area contributed by atoms with Crippen LogP contribution in [-0.4, -0.2) is 52.4 Å². The highest BCUT2D eigenvalue weighted by atomic mass is 32.2. The molecule has 26 heavy (non-hydrogen) atoms. The Bertz CT molecular complexity index is 808. The first kappa shape index (κ1) is 19.7. The van der Waals surface area contributed by atoms with Crippen LogP contribution < -0.4 is 15.2 Å². The number of primary amides is 1.